The molecular formula is C14H22F2N4O2. The zero-order chi connectivity index (χ0) is 16.2. The van der Waals surface area contributed by atoms with Crippen molar-refractivity contribution in [2.75, 3.05) is 25.0 Å². The number of carbonyl (C=O) groups excluding carboxylic acids is 1. The summed E-state index contributed by atoms with van der Waals surface area (Å²) in [4.78, 5) is 13.8. The van der Waals surface area contributed by atoms with E-state index in [-0.39, 0.29) is 18.1 Å². The van der Waals surface area contributed by atoms with Crippen molar-refractivity contribution in [3.8, 4) is 0 Å². The van der Waals surface area contributed by atoms with Crippen molar-refractivity contribution in [3.63, 3.8) is 0 Å². The fourth-order valence-corrected chi connectivity index (χ4v) is 2.68. The minimum Gasteiger partial charge on any atom is -0.396 e. The van der Waals surface area contributed by atoms with E-state index in [0.717, 1.165) is 23.9 Å². The number of aliphatic hydroxyl groups is 1. The molecule has 0 saturated carbocycles. The number of hydrogen-bond donors (Lipinski definition) is 2. The molecule has 124 valence electrons. The van der Waals surface area contributed by atoms with Gasteiger partial charge in [0.05, 0.1) is 11.9 Å². The summed E-state index contributed by atoms with van der Waals surface area (Å²) >= 11 is 0. The highest BCUT2D eigenvalue weighted by atomic mass is 19.3. The number of aliphatic hydroxyl groups excluding tert-OH is 1. The number of urea groups is 1. The number of alkyl halides is 2. The Hall–Kier alpha value is -1.70. The monoisotopic (exact) mass is 316 g/mol. The van der Waals surface area contributed by atoms with Crippen LogP contribution < -0.4 is 5.32 Å². The van der Waals surface area contributed by atoms with Crippen LogP contribution in [0.2, 0.25) is 0 Å². The molecule has 6 nitrogen and oxygen atoms in total. The Bertz CT molecular complexity index is 493. The number of nitrogens with one attached hydrogen (secondary N) is 1. The van der Waals surface area contributed by atoms with E-state index in [9.17, 15) is 18.7 Å². The van der Waals surface area contributed by atoms with Crippen molar-refractivity contribution < 1.29 is 18.7 Å². The Balaban J connectivity index is 1.87. The molecule has 8 heteroatoms. The Morgan fingerprint density at radius 2 is 2.18 bits per heavy atom. The smallest absolute Gasteiger partial charge is 0.321 e. The van der Waals surface area contributed by atoms with Gasteiger partial charge in [-0.25, -0.2) is 13.6 Å². The molecule has 1 aromatic rings. The first kappa shape index (κ1) is 16.7. The third-order valence-electron chi connectivity index (χ3n) is 4.41. The van der Waals surface area contributed by atoms with Crippen molar-refractivity contribution in [2.24, 2.45) is 5.41 Å². The number of aromatic nitrogens is 2. The van der Waals surface area contributed by atoms with Crippen molar-refractivity contribution >= 4 is 11.7 Å². The summed E-state index contributed by atoms with van der Waals surface area (Å²) in [7, 11) is 0. The molecule has 0 atom stereocenters. The van der Waals surface area contributed by atoms with E-state index in [4.69, 9.17) is 0 Å². The van der Waals surface area contributed by atoms with Gasteiger partial charge in [0.15, 0.2) is 0 Å². The number of carbonyl (C=O) groups is 1. The first-order valence-electron chi connectivity index (χ1n) is 7.45. The van der Waals surface area contributed by atoms with Gasteiger partial charge in [-0.15, -0.1) is 0 Å². The van der Waals surface area contributed by atoms with E-state index in [0.29, 0.717) is 18.8 Å². The van der Waals surface area contributed by atoms with E-state index in [1.807, 2.05) is 6.92 Å². The highest BCUT2D eigenvalue weighted by molar-refractivity contribution is 5.89. The van der Waals surface area contributed by atoms with Crippen LogP contribution in [-0.2, 0) is 6.54 Å². The molecule has 22 heavy (non-hydrogen) atoms. The lowest BCUT2D eigenvalue weighted by Gasteiger charge is -2.40. The lowest BCUT2D eigenvalue weighted by molar-refractivity contribution is 0.0542. The molecule has 0 radical (unpaired) electrons. The summed E-state index contributed by atoms with van der Waals surface area (Å²) in [5.41, 5.74) is 0.319. The van der Waals surface area contributed by atoms with Crippen LogP contribution in [0.15, 0.2) is 12.4 Å². The zero-order valence-electron chi connectivity index (χ0n) is 12.6. The third kappa shape index (κ3) is 3.94. The summed E-state index contributed by atoms with van der Waals surface area (Å²) in [5.74, 6) is 0. The van der Waals surface area contributed by atoms with Crippen molar-refractivity contribution in [1.82, 2.24) is 14.7 Å². The maximum absolute atomic E-state index is 12.2. The molecule has 0 unspecified atom stereocenters. The molecule has 0 spiro atoms. The summed E-state index contributed by atoms with van der Waals surface area (Å²) in [6, 6.07) is -0.265. The number of nitrogens with zero attached hydrogens (tertiary/aromatic N) is 3. The fraction of sp³-hybridized carbons (Fsp3) is 0.714. The van der Waals surface area contributed by atoms with Gasteiger partial charge in [-0.2, -0.15) is 5.10 Å². The second kappa shape index (κ2) is 7.04. The Morgan fingerprint density at radius 3 is 2.73 bits per heavy atom. The largest absolute Gasteiger partial charge is 0.396 e. The highest BCUT2D eigenvalue weighted by Crippen LogP contribution is 2.34. The van der Waals surface area contributed by atoms with Gasteiger partial charge in [0, 0.05) is 25.9 Å². The van der Waals surface area contributed by atoms with Gasteiger partial charge in [0.2, 0.25) is 0 Å². The van der Waals surface area contributed by atoms with Gasteiger partial charge in [0.1, 0.15) is 6.54 Å². The Labute approximate surface area is 128 Å². The minimum atomic E-state index is -2.48. The first-order chi connectivity index (χ1) is 10.5. The van der Waals surface area contributed by atoms with E-state index >= 15 is 0 Å². The maximum Gasteiger partial charge on any atom is 0.321 e. The van der Waals surface area contributed by atoms with Gasteiger partial charge in [-0.1, -0.05) is 6.92 Å². The molecule has 2 N–H and O–H groups in total. The van der Waals surface area contributed by atoms with Crippen LogP contribution in [0.3, 0.4) is 0 Å². The van der Waals surface area contributed by atoms with Gasteiger partial charge >= 0.3 is 6.03 Å². The molecule has 1 aliphatic rings. The molecule has 1 fully saturated rings. The molecule has 0 aromatic carbocycles. The van der Waals surface area contributed by atoms with Crippen LogP contribution in [0, 0.1) is 5.41 Å². The number of hydrogen-bond acceptors (Lipinski definition) is 3. The SMILES string of the molecule is CCC1(CO)CCN(C(=O)Nc2cnn(CC(F)F)c2)CC1. The van der Waals surface area contributed by atoms with Crippen LogP contribution in [0.25, 0.3) is 0 Å². The lowest BCUT2D eigenvalue weighted by atomic mass is 9.77. The number of piperidine rings is 1. The zero-order valence-corrected chi connectivity index (χ0v) is 12.6. The molecule has 1 saturated heterocycles. The van der Waals surface area contributed by atoms with Gasteiger partial charge < -0.3 is 15.3 Å². The number of likely N-dealkylation sites (tertiary alicyclic amines) is 1. The van der Waals surface area contributed by atoms with Crippen LogP contribution >= 0.6 is 0 Å². The predicted molar refractivity (Wildman–Crippen MR) is 77.9 cm³/mol. The van der Waals surface area contributed by atoms with E-state index in [2.05, 4.69) is 10.4 Å². The van der Waals surface area contributed by atoms with Crippen molar-refractivity contribution in [1.29, 1.82) is 0 Å². The molecular weight excluding hydrogens is 294 g/mol. The van der Waals surface area contributed by atoms with E-state index in [1.54, 1.807) is 4.90 Å². The predicted octanol–water partition coefficient (Wildman–Crippen LogP) is 2.16. The number of rotatable bonds is 5. The van der Waals surface area contributed by atoms with Crippen LogP contribution in [-0.4, -0.2) is 51.9 Å². The standard InChI is InChI=1S/C14H22F2N4O2/c1-2-14(10-21)3-5-19(6-4-14)13(22)18-11-7-17-20(8-11)9-12(15)16/h7-8,12,21H,2-6,9-10H2,1H3,(H,18,22). The van der Waals surface area contributed by atoms with Gasteiger partial charge in [-0.3, -0.25) is 4.68 Å². The van der Waals surface area contributed by atoms with E-state index in [1.165, 1.54) is 12.4 Å². The van der Waals surface area contributed by atoms with Crippen LogP contribution in [0.1, 0.15) is 26.2 Å². The quantitative estimate of drug-likeness (QED) is 0.874. The average Bonchev–Trinajstić information content (AvgIpc) is 2.93. The summed E-state index contributed by atoms with van der Waals surface area (Å²) < 4.78 is 25.6. The van der Waals surface area contributed by atoms with Crippen molar-refractivity contribution in [3.05, 3.63) is 12.4 Å². The average molecular weight is 316 g/mol. The molecule has 0 aliphatic carbocycles. The molecule has 1 aromatic heterocycles. The number of halogens is 2. The molecule has 1 aliphatic heterocycles. The second-order valence-electron chi connectivity index (χ2n) is 5.77. The van der Waals surface area contributed by atoms with Crippen LogP contribution in [0.4, 0.5) is 19.3 Å². The molecule has 2 rings (SSSR count). The minimum absolute atomic E-state index is 0.0844. The Morgan fingerprint density at radius 1 is 1.50 bits per heavy atom. The van der Waals surface area contributed by atoms with Crippen LogP contribution in [0.5, 0.6) is 0 Å². The van der Waals surface area contributed by atoms with Crippen molar-refractivity contribution in [2.45, 2.75) is 39.2 Å². The third-order valence-corrected chi connectivity index (χ3v) is 4.41. The number of anilines is 1. The summed E-state index contributed by atoms with van der Waals surface area (Å²) in [5, 5.41) is 15.9. The molecule has 0 bridgehead atoms. The fourth-order valence-electron chi connectivity index (χ4n) is 2.68. The summed E-state index contributed by atoms with van der Waals surface area (Å²) in [6.07, 6.45) is 2.67. The summed E-state index contributed by atoms with van der Waals surface area (Å²) in [6.45, 7) is 2.84. The maximum atomic E-state index is 12.2. The number of amides is 2. The lowest BCUT2D eigenvalue weighted by Crippen LogP contribution is -2.46. The van der Waals surface area contributed by atoms with Gasteiger partial charge in [-0.05, 0) is 24.7 Å². The first-order valence-corrected chi connectivity index (χ1v) is 7.45. The Kier molecular flexibility index (Phi) is 5.33. The normalized spacial score (nSPS) is 17.8. The second-order valence-corrected chi connectivity index (χ2v) is 5.77. The molecule has 2 amide bonds. The van der Waals surface area contributed by atoms with Gasteiger partial charge in [0.25, 0.3) is 6.43 Å². The molecule has 2 heterocycles. The van der Waals surface area contributed by atoms with E-state index < -0.39 is 13.0 Å². The topological polar surface area (TPSA) is 70.4 Å². The highest BCUT2D eigenvalue weighted by Gasteiger charge is 2.33.